The van der Waals surface area contributed by atoms with Crippen LogP contribution in [0.1, 0.15) is 11.6 Å². The molecule has 0 aromatic heterocycles. The smallest absolute Gasteiger partial charge is 0.322 e. The first kappa shape index (κ1) is 15.1. The van der Waals surface area contributed by atoms with Crippen LogP contribution in [0.4, 0.5) is 0 Å². The molecular weight excluding hydrogens is 248 g/mol. The molecule has 6 heteroatoms. The predicted octanol–water partition coefficient (Wildman–Crippen LogP) is -0.147. The van der Waals surface area contributed by atoms with Crippen LogP contribution in [0.3, 0.4) is 0 Å². The third kappa shape index (κ3) is 4.69. The van der Waals surface area contributed by atoms with Crippen molar-refractivity contribution in [3.05, 3.63) is 35.9 Å². The summed E-state index contributed by atoms with van der Waals surface area (Å²) in [7, 11) is 1.70. The van der Waals surface area contributed by atoms with Gasteiger partial charge in [-0.25, -0.2) is 0 Å². The number of hydrogen-bond acceptors (Lipinski definition) is 4. The molecule has 1 rings (SSSR count). The van der Waals surface area contributed by atoms with Gasteiger partial charge in [-0.3, -0.25) is 14.5 Å². The van der Waals surface area contributed by atoms with Crippen LogP contribution >= 0.6 is 0 Å². The van der Waals surface area contributed by atoms with Gasteiger partial charge in [0, 0.05) is 6.54 Å². The molecule has 1 aromatic rings. The van der Waals surface area contributed by atoms with E-state index in [0.717, 1.165) is 5.56 Å². The Morgan fingerprint density at radius 2 is 1.95 bits per heavy atom. The highest BCUT2D eigenvalue weighted by molar-refractivity contribution is 5.86. The molecule has 1 atom stereocenters. The Morgan fingerprint density at radius 3 is 2.47 bits per heavy atom. The highest BCUT2D eigenvalue weighted by Gasteiger charge is 2.24. The maximum absolute atomic E-state index is 12.1. The lowest BCUT2D eigenvalue weighted by atomic mass is 10.0. The molecule has 0 aliphatic rings. The number of carbonyl (C=O) groups excluding carboxylic acids is 1. The lowest BCUT2D eigenvalue weighted by Crippen LogP contribution is -2.41. The van der Waals surface area contributed by atoms with Crippen LogP contribution < -0.4 is 5.32 Å². The van der Waals surface area contributed by atoms with Gasteiger partial charge in [-0.2, -0.15) is 0 Å². The number of nitrogens with one attached hydrogen (secondary N) is 1. The first-order chi connectivity index (χ1) is 9.06. The van der Waals surface area contributed by atoms with E-state index in [1.54, 1.807) is 36.2 Å². The molecule has 0 aliphatic carbocycles. The summed E-state index contributed by atoms with van der Waals surface area (Å²) < 4.78 is 0. The second kappa shape index (κ2) is 7.50. The molecule has 6 nitrogen and oxygen atoms in total. The number of carboxylic acid groups (broad SMARTS) is 1. The van der Waals surface area contributed by atoms with Crippen LogP contribution in [0.15, 0.2) is 30.3 Å². The summed E-state index contributed by atoms with van der Waals surface area (Å²) in [4.78, 5) is 24.2. The minimum atomic E-state index is -1.09. The van der Waals surface area contributed by atoms with Gasteiger partial charge in [-0.1, -0.05) is 30.3 Å². The number of rotatable bonds is 7. The number of amides is 1. The fourth-order valence-corrected chi connectivity index (χ4v) is 1.79. The van der Waals surface area contributed by atoms with E-state index in [1.165, 1.54) is 0 Å². The highest BCUT2D eigenvalue weighted by atomic mass is 16.4. The molecule has 0 fully saturated rings. The summed E-state index contributed by atoms with van der Waals surface area (Å²) >= 11 is 0. The standard InChI is InChI=1S/C13H18N2O4/c1-15(7-8-16)12(10-5-3-2-4-6-10)13(19)14-9-11(17)18/h2-6,12,16H,7-9H2,1H3,(H,14,19)(H,17,18). The van der Waals surface area contributed by atoms with E-state index in [1.807, 2.05) is 6.07 Å². The van der Waals surface area contributed by atoms with Crippen LogP contribution in [-0.2, 0) is 9.59 Å². The summed E-state index contributed by atoms with van der Waals surface area (Å²) in [5, 5.41) is 19.9. The predicted molar refractivity (Wildman–Crippen MR) is 69.5 cm³/mol. The Kier molecular flexibility index (Phi) is 5.98. The molecule has 19 heavy (non-hydrogen) atoms. The van der Waals surface area contributed by atoms with Gasteiger partial charge < -0.3 is 15.5 Å². The SMILES string of the molecule is CN(CCO)C(C(=O)NCC(=O)O)c1ccccc1. The number of aliphatic hydroxyl groups is 1. The zero-order chi connectivity index (χ0) is 14.3. The first-order valence-corrected chi connectivity index (χ1v) is 5.91. The lowest BCUT2D eigenvalue weighted by molar-refractivity contribution is -0.138. The van der Waals surface area contributed by atoms with Crippen molar-refractivity contribution >= 4 is 11.9 Å². The molecule has 0 radical (unpaired) electrons. The average molecular weight is 266 g/mol. The molecule has 1 aromatic carbocycles. The Hall–Kier alpha value is -1.92. The third-order valence-electron chi connectivity index (χ3n) is 2.67. The summed E-state index contributed by atoms with van der Waals surface area (Å²) in [6, 6.07) is 8.41. The van der Waals surface area contributed by atoms with Crippen LogP contribution in [0.5, 0.6) is 0 Å². The Morgan fingerprint density at radius 1 is 1.32 bits per heavy atom. The number of nitrogens with zero attached hydrogens (tertiary/aromatic N) is 1. The number of hydrogen-bond donors (Lipinski definition) is 3. The van der Waals surface area contributed by atoms with E-state index in [9.17, 15) is 9.59 Å². The average Bonchev–Trinajstić information content (AvgIpc) is 2.38. The second-order valence-corrected chi connectivity index (χ2v) is 4.13. The zero-order valence-corrected chi connectivity index (χ0v) is 10.7. The van der Waals surface area contributed by atoms with Crippen molar-refractivity contribution in [3.8, 4) is 0 Å². The van der Waals surface area contributed by atoms with Crippen molar-refractivity contribution in [2.75, 3.05) is 26.7 Å². The molecule has 0 heterocycles. The topological polar surface area (TPSA) is 89.9 Å². The van der Waals surface area contributed by atoms with E-state index in [2.05, 4.69) is 5.32 Å². The summed E-state index contributed by atoms with van der Waals surface area (Å²) in [6.07, 6.45) is 0. The molecule has 0 aliphatic heterocycles. The number of benzene rings is 1. The van der Waals surface area contributed by atoms with Crippen LogP contribution in [0.2, 0.25) is 0 Å². The van der Waals surface area contributed by atoms with Gasteiger partial charge in [-0.05, 0) is 12.6 Å². The largest absolute Gasteiger partial charge is 0.480 e. The fraction of sp³-hybridized carbons (Fsp3) is 0.385. The van der Waals surface area contributed by atoms with Crippen LogP contribution in [0.25, 0.3) is 0 Å². The second-order valence-electron chi connectivity index (χ2n) is 4.13. The van der Waals surface area contributed by atoms with Crippen molar-refractivity contribution in [2.45, 2.75) is 6.04 Å². The Balaban J connectivity index is 2.86. The number of likely N-dealkylation sites (N-methyl/N-ethyl adjacent to an activating group) is 1. The molecule has 0 bridgehead atoms. The molecule has 0 spiro atoms. The zero-order valence-electron chi connectivity index (χ0n) is 10.7. The Bertz CT molecular complexity index is 422. The molecule has 0 saturated heterocycles. The number of carbonyl (C=O) groups is 2. The lowest BCUT2D eigenvalue weighted by Gasteiger charge is -2.26. The number of aliphatic carboxylic acids is 1. The van der Waals surface area contributed by atoms with E-state index < -0.39 is 24.5 Å². The molecular formula is C13H18N2O4. The summed E-state index contributed by atoms with van der Waals surface area (Å²) in [6.45, 7) is -0.179. The van der Waals surface area contributed by atoms with E-state index >= 15 is 0 Å². The van der Waals surface area contributed by atoms with E-state index in [0.29, 0.717) is 6.54 Å². The van der Waals surface area contributed by atoms with Crippen molar-refractivity contribution < 1.29 is 19.8 Å². The molecule has 0 saturated carbocycles. The molecule has 104 valence electrons. The minimum absolute atomic E-state index is 0.0773. The first-order valence-electron chi connectivity index (χ1n) is 5.91. The van der Waals surface area contributed by atoms with Crippen molar-refractivity contribution in [2.24, 2.45) is 0 Å². The monoisotopic (exact) mass is 266 g/mol. The highest BCUT2D eigenvalue weighted by Crippen LogP contribution is 2.18. The maximum atomic E-state index is 12.1. The number of carboxylic acids is 1. The maximum Gasteiger partial charge on any atom is 0.322 e. The van der Waals surface area contributed by atoms with Crippen LogP contribution in [0, 0.1) is 0 Å². The van der Waals surface area contributed by atoms with Crippen molar-refractivity contribution in [1.29, 1.82) is 0 Å². The normalized spacial score (nSPS) is 12.2. The van der Waals surface area contributed by atoms with Gasteiger partial charge in [0.2, 0.25) is 5.91 Å². The fourth-order valence-electron chi connectivity index (χ4n) is 1.79. The van der Waals surface area contributed by atoms with Gasteiger partial charge in [0.05, 0.1) is 6.61 Å². The summed E-state index contributed by atoms with van der Waals surface area (Å²) in [5.74, 6) is -1.49. The van der Waals surface area contributed by atoms with Gasteiger partial charge in [0.1, 0.15) is 12.6 Å². The van der Waals surface area contributed by atoms with Crippen LogP contribution in [-0.4, -0.2) is 53.7 Å². The van der Waals surface area contributed by atoms with Gasteiger partial charge in [0.15, 0.2) is 0 Å². The van der Waals surface area contributed by atoms with Gasteiger partial charge in [0.25, 0.3) is 0 Å². The quantitative estimate of drug-likeness (QED) is 0.638. The molecule has 1 unspecified atom stereocenters. The summed E-state index contributed by atoms with van der Waals surface area (Å²) in [5.41, 5.74) is 0.751. The molecule has 1 amide bonds. The number of aliphatic hydroxyl groups excluding tert-OH is 1. The third-order valence-corrected chi connectivity index (χ3v) is 2.67. The minimum Gasteiger partial charge on any atom is -0.480 e. The Labute approximate surface area is 111 Å². The van der Waals surface area contributed by atoms with E-state index in [4.69, 9.17) is 10.2 Å². The van der Waals surface area contributed by atoms with Crippen molar-refractivity contribution in [3.63, 3.8) is 0 Å². The van der Waals surface area contributed by atoms with E-state index in [-0.39, 0.29) is 6.61 Å². The van der Waals surface area contributed by atoms with Gasteiger partial charge >= 0.3 is 5.97 Å². The van der Waals surface area contributed by atoms with Crippen molar-refractivity contribution in [1.82, 2.24) is 10.2 Å². The van der Waals surface area contributed by atoms with Gasteiger partial charge in [-0.15, -0.1) is 0 Å². The molecule has 3 N–H and O–H groups in total.